The van der Waals surface area contributed by atoms with E-state index in [0.717, 1.165) is 54.3 Å². The Balaban J connectivity index is 1.31. The molecule has 2 amide bonds. The number of hydrogen-bond acceptors (Lipinski definition) is 6. The molecule has 1 N–H and O–H groups in total. The number of anilines is 1. The molecular weight excluding hydrogens is 434 g/mol. The Hall–Kier alpha value is -3.10. The number of aromatic nitrogens is 2. The van der Waals surface area contributed by atoms with Crippen molar-refractivity contribution in [2.24, 2.45) is 0 Å². The summed E-state index contributed by atoms with van der Waals surface area (Å²) >= 11 is 1.32. The molecule has 33 heavy (non-hydrogen) atoms. The van der Waals surface area contributed by atoms with E-state index in [9.17, 15) is 9.59 Å². The Labute approximate surface area is 198 Å². The normalized spacial score (nSPS) is 14.7. The number of carbonyl (C=O) groups is 2. The minimum atomic E-state index is -0.242. The van der Waals surface area contributed by atoms with Crippen LogP contribution in [-0.4, -0.2) is 58.0 Å². The van der Waals surface area contributed by atoms with Gasteiger partial charge in [0.1, 0.15) is 5.01 Å². The first kappa shape index (κ1) is 23.1. The van der Waals surface area contributed by atoms with Crippen molar-refractivity contribution < 1.29 is 9.59 Å². The summed E-state index contributed by atoms with van der Waals surface area (Å²) in [5, 5.41) is 12.4. The summed E-state index contributed by atoms with van der Waals surface area (Å²) in [4.78, 5) is 29.6. The van der Waals surface area contributed by atoms with E-state index < -0.39 is 0 Å². The summed E-state index contributed by atoms with van der Waals surface area (Å²) in [6.45, 7) is 7.78. The molecule has 1 aromatic heterocycles. The summed E-state index contributed by atoms with van der Waals surface area (Å²) in [5.41, 5.74) is 3.81. The largest absolute Gasteiger partial charge is 0.337 e. The number of nitrogens with zero attached hydrogens (tertiary/aromatic N) is 4. The van der Waals surface area contributed by atoms with Gasteiger partial charge in [0, 0.05) is 37.4 Å². The van der Waals surface area contributed by atoms with Gasteiger partial charge in [0.15, 0.2) is 0 Å². The van der Waals surface area contributed by atoms with E-state index >= 15 is 0 Å². The lowest BCUT2D eigenvalue weighted by atomic mass is 10.1. The maximum absolute atomic E-state index is 12.9. The third-order valence-corrected chi connectivity index (χ3v) is 6.69. The molecule has 1 aliphatic rings. The van der Waals surface area contributed by atoms with Crippen molar-refractivity contribution in [2.75, 3.05) is 31.5 Å². The number of amides is 2. The second-order valence-corrected chi connectivity index (χ2v) is 9.36. The quantitative estimate of drug-likeness (QED) is 0.598. The van der Waals surface area contributed by atoms with Crippen LogP contribution >= 0.6 is 11.3 Å². The number of hydrogen-bond donors (Lipinski definition) is 1. The zero-order valence-corrected chi connectivity index (χ0v) is 19.9. The molecule has 0 spiro atoms. The predicted molar refractivity (Wildman–Crippen MR) is 131 cm³/mol. The number of aryl methyl sites for hydroxylation is 2. The molecule has 2 aromatic carbocycles. The number of rotatable bonds is 6. The van der Waals surface area contributed by atoms with Gasteiger partial charge in [0.05, 0.1) is 6.54 Å². The molecule has 2 heterocycles. The maximum Gasteiger partial charge on any atom is 0.286 e. The summed E-state index contributed by atoms with van der Waals surface area (Å²) in [7, 11) is 0. The minimum absolute atomic E-state index is 0.0855. The van der Waals surface area contributed by atoms with E-state index in [1.54, 1.807) is 0 Å². The molecule has 1 aliphatic heterocycles. The van der Waals surface area contributed by atoms with Crippen LogP contribution in [0.1, 0.15) is 49.6 Å². The average Bonchev–Trinajstić information content (AvgIpc) is 3.17. The molecule has 1 saturated heterocycles. The number of benzene rings is 2. The zero-order chi connectivity index (χ0) is 23.2. The highest BCUT2D eigenvalue weighted by molar-refractivity contribution is 7.13. The lowest BCUT2D eigenvalue weighted by molar-refractivity contribution is 0.0761. The SMILES string of the molecule is CCc1ccc(NC(=O)c2nnc(CN3CCCN(C(=O)c4cccc(C)c4)CC3)s2)cc1. The summed E-state index contributed by atoms with van der Waals surface area (Å²) in [6.07, 6.45) is 1.86. The van der Waals surface area contributed by atoms with Gasteiger partial charge >= 0.3 is 0 Å². The lowest BCUT2D eigenvalue weighted by Gasteiger charge is -2.21. The molecule has 0 aliphatic carbocycles. The van der Waals surface area contributed by atoms with Gasteiger partial charge in [-0.2, -0.15) is 0 Å². The smallest absolute Gasteiger partial charge is 0.286 e. The number of nitrogens with one attached hydrogen (secondary N) is 1. The molecule has 0 atom stereocenters. The molecule has 0 radical (unpaired) electrons. The maximum atomic E-state index is 12.9. The topological polar surface area (TPSA) is 78.4 Å². The van der Waals surface area contributed by atoms with Crippen molar-refractivity contribution in [3.8, 4) is 0 Å². The first-order valence-corrected chi connectivity index (χ1v) is 12.1. The van der Waals surface area contributed by atoms with Gasteiger partial charge in [-0.1, -0.05) is 48.1 Å². The van der Waals surface area contributed by atoms with Crippen LogP contribution in [0.3, 0.4) is 0 Å². The van der Waals surface area contributed by atoms with Gasteiger partial charge in [0.25, 0.3) is 11.8 Å². The molecule has 4 rings (SSSR count). The molecule has 0 bridgehead atoms. The van der Waals surface area contributed by atoms with Gasteiger partial charge in [-0.15, -0.1) is 10.2 Å². The first-order chi connectivity index (χ1) is 16.0. The molecule has 172 valence electrons. The van der Waals surface area contributed by atoms with Crippen LogP contribution in [0.4, 0.5) is 5.69 Å². The molecule has 3 aromatic rings. The van der Waals surface area contributed by atoms with E-state index in [1.165, 1.54) is 16.9 Å². The van der Waals surface area contributed by atoms with Crippen LogP contribution in [0, 0.1) is 6.92 Å². The molecule has 8 heteroatoms. The Morgan fingerprint density at radius 2 is 1.85 bits per heavy atom. The fraction of sp³-hybridized carbons (Fsp3) is 0.360. The summed E-state index contributed by atoms with van der Waals surface area (Å²) in [5.74, 6) is -0.156. The van der Waals surface area contributed by atoms with Crippen LogP contribution in [-0.2, 0) is 13.0 Å². The van der Waals surface area contributed by atoms with Crippen LogP contribution < -0.4 is 5.32 Å². The first-order valence-electron chi connectivity index (χ1n) is 11.3. The fourth-order valence-corrected chi connectivity index (χ4v) is 4.68. The van der Waals surface area contributed by atoms with Crippen molar-refractivity contribution in [1.82, 2.24) is 20.0 Å². The predicted octanol–water partition coefficient (Wildman–Crippen LogP) is 4.01. The average molecular weight is 464 g/mol. The Morgan fingerprint density at radius 1 is 1.03 bits per heavy atom. The molecule has 1 fully saturated rings. The summed E-state index contributed by atoms with van der Waals surface area (Å²) < 4.78 is 0. The van der Waals surface area contributed by atoms with Gasteiger partial charge in [-0.25, -0.2) is 0 Å². The minimum Gasteiger partial charge on any atom is -0.337 e. The van der Waals surface area contributed by atoms with Crippen LogP contribution in [0.25, 0.3) is 0 Å². The van der Waals surface area contributed by atoms with Gasteiger partial charge in [-0.3, -0.25) is 14.5 Å². The Morgan fingerprint density at radius 3 is 2.61 bits per heavy atom. The lowest BCUT2D eigenvalue weighted by Crippen LogP contribution is -2.35. The van der Waals surface area contributed by atoms with E-state index in [2.05, 4.69) is 27.3 Å². The molecule has 7 nitrogen and oxygen atoms in total. The Bertz CT molecular complexity index is 1110. The summed E-state index contributed by atoms with van der Waals surface area (Å²) in [6, 6.07) is 15.6. The van der Waals surface area contributed by atoms with Crippen molar-refractivity contribution in [2.45, 2.75) is 33.2 Å². The molecule has 0 saturated carbocycles. The number of carbonyl (C=O) groups excluding carboxylic acids is 2. The Kier molecular flexibility index (Phi) is 7.47. The van der Waals surface area contributed by atoms with Crippen LogP contribution in [0.2, 0.25) is 0 Å². The van der Waals surface area contributed by atoms with Crippen molar-refractivity contribution in [3.05, 3.63) is 75.2 Å². The van der Waals surface area contributed by atoms with E-state index in [-0.39, 0.29) is 11.8 Å². The molecular formula is C25H29N5O2S. The van der Waals surface area contributed by atoms with Crippen LogP contribution in [0.15, 0.2) is 48.5 Å². The third-order valence-electron chi connectivity index (χ3n) is 5.78. The molecule has 0 unspecified atom stereocenters. The van der Waals surface area contributed by atoms with Gasteiger partial charge in [0.2, 0.25) is 5.01 Å². The fourth-order valence-electron chi connectivity index (χ4n) is 3.90. The van der Waals surface area contributed by atoms with E-state index in [4.69, 9.17) is 0 Å². The van der Waals surface area contributed by atoms with Crippen molar-refractivity contribution >= 4 is 28.8 Å². The second-order valence-electron chi connectivity index (χ2n) is 8.30. The van der Waals surface area contributed by atoms with E-state index in [1.807, 2.05) is 60.4 Å². The van der Waals surface area contributed by atoms with Crippen molar-refractivity contribution in [1.29, 1.82) is 0 Å². The van der Waals surface area contributed by atoms with E-state index in [0.29, 0.717) is 18.1 Å². The van der Waals surface area contributed by atoms with Gasteiger partial charge < -0.3 is 10.2 Å². The highest BCUT2D eigenvalue weighted by atomic mass is 32.1. The standard InChI is InChI=1S/C25H29N5O2S/c1-3-19-8-10-21(11-9-19)26-23(31)24-28-27-22(33-24)17-29-12-5-13-30(15-14-29)25(32)20-7-4-6-18(2)16-20/h4,6-11,16H,3,5,12-15,17H2,1-2H3,(H,26,31). The third kappa shape index (κ3) is 6.03. The zero-order valence-electron chi connectivity index (χ0n) is 19.1. The highest BCUT2D eigenvalue weighted by Gasteiger charge is 2.22. The van der Waals surface area contributed by atoms with Crippen LogP contribution in [0.5, 0.6) is 0 Å². The monoisotopic (exact) mass is 463 g/mol. The van der Waals surface area contributed by atoms with Crippen molar-refractivity contribution in [3.63, 3.8) is 0 Å². The highest BCUT2D eigenvalue weighted by Crippen LogP contribution is 2.17. The second kappa shape index (κ2) is 10.7. The van der Waals surface area contributed by atoms with Gasteiger partial charge in [-0.05, 0) is 49.6 Å².